The highest BCUT2D eigenvalue weighted by Crippen LogP contribution is 2.48. The molecule has 2 aromatic rings. The molecular formula is C32H45NO10. The van der Waals surface area contributed by atoms with E-state index in [0.717, 1.165) is 41.5 Å². The Hall–Kier alpha value is -3.99. The molecule has 2 aromatic carbocycles. The number of methoxy groups -OCH3 is 4. The first-order valence-electron chi connectivity index (χ1n) is 14.1. The number of hydrogen-bond donors (Lipinski definition) is 1. The van der Waals surface area contributed by atoms with Crippen LogP contribution in [0.4, 0.5) is 4.79 Å². The fourth-order valence-corrected chi connectivity index (χ4v) is 4.50. The van der Waals surface area contributed by atoms with E-state index < -0.39 is 17.5 Å². The number of carbonyl (C=O) groups is 2. The van der Waals surface area contributed by atoms with Gasteiger partial charge in [-0.05, 0) is 88.3 Å². The Morgan fingerprint density at radius 1 is 0.884 bits per heavy atom. The van der Waals surface area contributed by atoms with Gasteiger partial charge >= 0.3 is 12.1 Å². The van der Waals surface area contributed by atoms with E-state index in [-0.39, 0.29) is 18.3 Å². The van der Waals surface area contributed by atoms with Crippen molar-refractivity contribution in [3.63, 3.8) is 0 Å². The van der Waals surface area contributed by atoms with Gasteiger partial charge in [-0.3, -0.25) is 9.59 Å². The van der Waals surface area contributed by atoms with Crippen LogP contribution in [0, 0.1) is 5.41 Å². The topological polar surface area (TPSA) is 128 Å². The third kappa shape index (κ3) is 9.51. The number of carbonyl (C=O) groups excluding carboxylic acids is 2. The monoisotopic (exact) mass is 603 g/mol. The van der Waals surface area contributed by atoms with Gasteiger partial charge < -0.3 is 38.5 Å². The van der Waals surface area contributed by atoms with Gasteiger partial charge in [0, 0.05) is 19.2 Å². The lowest BCUT2D eigenvalue weighted by Crippen LogP contribution is -2.30. The number of amides is 1. The maximum Gasteiger partial charge on any atom is 0.409 e. The zero-order valence-corrected chi connectivity index (χ0v) is 26.7. The Labute approximate surface area is 253 Å². The second-order valence-electron chi connectivity index (χ2n) is 10.7. The van der Waals surface area contributed by atoms with Crippen LogP contribution >= 0.6 is 0 Å². The fraction of sp³-hybridized carbons (Fsp3) is 0.531. The number of alkyl carbamates (subject to hydrolysis) is 1. The SMILES string of the molecule is CNC(=O)OCOC(=O)C(C)(C)CCOC(C)C.COc1cc2c(c(OC)c1OC)-c1ccc(OC)c(=O)cc1CCC2. The van der Waals surface area contributed by atoms with E-state index in [1.54, 1.807) is 47.3 Å². The van der Waals surface area contributed by atoms with E-state index in [1.807, 2.05) is 26.0 Å². The van der Waals surface area contributed by atoms with E-state index in [0.29, 0.717) is 36.0 Å². The van der Waals surface area contributed by atoms with Crippen LogP contribution in [0.15, 0.2) is 29.1 Å². The number of fused-ring (bicyclic) bond motifs is 3. The smallest absolute Gasteiger partial charge is 0.409 e. The molecule has 0 aliphatic heterocycles. The summed E-state index contributed by atoms with van der Waals surface area (Å²) in [6.07, 6.45) is 2.66. The number of benzene rings is 1. The highest BCUT2D eigenvalue weighted by Gasteiger charge is 2.29. The Kier molecular flexibility index (Phi) is 13.6. The minimum absolute atomic E-state index is 0.119. The minimum atomic E-state index is -0.666. The molecule has 1 aliphatic rings. The van der Waals surface area contributed by atoms with Crippen LogP contribution in [0.3, 0.4) is 0 Å². The molecule has 0 heterocycles. The van der Waals surface area contributed by atoms with E-state index in [9.17, 15) is 14.4 Å². The average molecular weight is 604 g/mol. The van der Waals surface area contributed by atoms with Crippen LogP contribution in [0.2, 0.25) is 0 Å². The minimum Gasteiger partial charge on any atom is -0.493 e. The summed E-state index contributed by atoms with van der Waals surface area (Å²) in [4.78, 5) is 34.8. The zero-order valence-electron chi connectivity index (χ0n) is 26.7. The number of rotatable bonds is 11. The van der Waals surface area contributed by atoms with E-state index in [4.69, 9.17) is 28.4 Å². The summed E-state index contributed by atoms with van der Waals surface area (Å²) in [5, 5.41) is 2.25. The molecule has 0 radical (unpaired) electrons. The molecule has 0 atom stereocenters. The van der Waals surface area contributed by atoms with Crippen molar-refractivity contribution in [2.45, 2.75) is 59.5 Å². The van der Waals surface area contributed by atoms with Gasteiger partial charge in [-0.25, -0.2) is 4.79 Å². The molecule has 43 heavy (non-hydrogen) atoms. The molecule has 0 spiro atoms. The van der Waals surface area contributed by atoms with Gasteiger partial charge in [-0.15, -0.1) is 0 Å². The molecule has 1 amide bonds. The van der Waals surface area contributed by atoms with E-state index >= 15 is 0 Å². The van der Waals surface area contributed by atoms with Gasteiger partial charge in [0.2, 0.25) is 18.0 Å². The number of aryl methyl sites for hydroxylation is 2. The molecule has 0 fully saturated rings. The summed E-state index contributed by atoms with van der Waals surface area (Å²) in [5.41, 5.74) is 3.23. The van der Waals surface area contributed by atoms with Crippen molar-refractivity contribution >= 4 is 12.1 Å². The average Bonchev–Trinajstić information content (AvgIpc) is 3.24. The molecule has 1 aliphatic carbocycles. The van der Waals surface area contributed by atoms with Crippen molar-refractivity contribution in [1.82, 2.24) is 5.32 Å². The first-order valence-corrected chi connectivity index (χ1v) is 14.1. The molecule has 3 rings (SSSR count). The lowest BCUT2D eigenvalue weighted by molar-refractivity contribution is -0.163. The number of nitrogens with one attached hydrogen (secondary N) is 1. The summed E-state index contributed by atoms with van der Waals surface area (Å²) in [7, 11) is 7.75. The lowest BCUT2D eigenvalue weighted by atomic mass is 9.90. The molecular weight excluding hydrogens is 558 g/mol. The van der Waals surface area contributed by atoms with E-state index in [1.165, 1.54) is 14.2 Å². The maximum absolute atomic E-state index is 12.3. The Bertz CT molecular complexity index is 1310. The standard InChI is InChI=1S/C20H22O5.C12H23NO5/c1-22-16-9-8-14-12(10-15(16)21)6-5-7-13-11-17(23-2)19(24-3)20(25-4)18(13)14;1-9(2)16-7-6-12(3,4)10(14)17-8-18-11(15)13-5/h8-11H,5-7H2,1-4H3;9H,6-8H2,1-5H3,(H,13,15). The Morgan fingerprint density at radius 2 is 1.53 bits per heavy atom. The van der Waals surface area contributed by atoms with Crippen LogP contribution < -0.4 is 29.7 Å². The predicted molar refractivity (Wildman–Crippen MR) is 162 cm³/mol. The number of hydrogen-bond acceptors (Lipinski definition) is 10. The number of esters is 1. The second kappa shape index (κ2) is 16.6. The first kappa shape index (κ1) is 35.2. The third-order valence-electron chi connectivity index (χ3n) is 6.90. The Morgan fingerprint density at radius 3 is 2.12 bits per heavy atom. The van der Waals surface area contributed by atoms with Crippen molar-refractivity contribution in [1.29, 1.82) is 0 Å². The molecule has 0 unspecified atom stereocenters. The Balaban J connectivity index is 0.000000320. The van der Waals surface area contributed by atoms with Crippen molar-refractivity contribution < 1.29 is 42.7 Å². The molecule has 11 heteroatoms. The number of ether oxygens (including phenoxy) is 7. The zero-order chi connectivity index (χ0) is 32.2. The summed E-state index contributed by atoms with van der Waals surface area (Å²) >= 11 is 0. The van der Waals surface area contributed by atoms with Gasteiger partial charge in [0.05, 0.1) is 40.0 Å². The largest absolute Gasteiger partial charge is 0.493 e. The highest BCUT2D eigenvalue weighted by molar-refractivity contribution is 5.82. The van der Waals surface area contributed by atoms with Gasteiger partial charge in [-0.1, -0.05) is 6.07 Å². The normalized spacial score (nSPS) is 12.0. The van der Waals surface area contributed by atoms with Crippen molar-refractivity contribution in [2.24, 2.45) is 5.41 Å². The van der Waals surface area contributed by atoms with Crippen LogP contribution in [0.25, 0.3) is 11.1 Å². The van der Waals surface area contributed by atoms with Gasteiger partial charge in [-0.2, -0.15) is 0 Å². The van der Waals surface area contributed by atoms with Crippen molar-refractivity contribution in [2.75, 3.05) is 48.9 Å². The molecule has 1 N–H and O–H groups in total. The van der Waals surface area contributed by atoms with E-state index in [2.05, 4.69) is 10.1 Å². The molecule has 0 bridgehead atoms. The third-order valence-corrected chi connectivity index (χ3v) is 6.90. The van der Waals surface area contributed by atoms with Gasteiger partial charge in [0.25, 0.3) is 0 Å². The highest BCUT2D eigenvalue weighted by atomic mass is 16.7. The van der Waals surface area contributed by atoms with Gasteiger partial charge in [0.1, 0.15) is 0 Å². The quantitative estimate of drug-likeness (QED) is 0.279. The second-order valence-corrected chi connectivity index (χ2v) is 10.7. The van der Waals surface area contributed by atoms with Crippen LogP contribution in [-0.4, -0.2) is 67.1 Å². The summed E-state index contributed by atoms with van der Waals surface area (Å²) < 4.78 is 36.7. The van der Waals surface area contributed by atoms with Gasteiger partial charge in [0.15, 0.2) is 17.2 Å². The molecule has 0 saturated heterocycles. The van der Waals surface area contributed by atoms with Crippen LogP contribution in [0.1, 0.15) is 51.7 Å². The summed E-state index contributed by atoms with van der Waals surface area (Å²) in [6, 6.07) is 7.30. The van der Waals surface area contributed by atoms with Crippen molar-refractivity contribution in [3.8, 4) is 34.1 Å². The predicted octanol–water partition coefficient (Wildman–Crippen LogP) is 4.92. The van der Waals surface area contributed by atoms with Crippen molar-refractivity contribution in [3.05, 3.63) is 45.6 Å². The molecule has 238 valence electrons. The molecule has 0 saturated carbocycles. The van der Waals surface area contributed by atoms with Crippen LogP contribution in [-0.2, 0) is 31.8 Å². The molecule has 11 nitrogen and oxygen atoms in total. The van der Waals surface area contributed by atoms with Crippen LogP contribution in [0.5, 0.6) is 23.0 Å². The maximum atomic E-state index is 12.3. The molecule has 0 aromatic heterocycles. The first-order chi connectivity index (χ1) is 20.4. The summed E-state index contributed by atoms with van der Waals surface area (Å²) in [5.74, 6) is 1.73. The lowest BCUT2D eigenvalue weighted by Gasteiger charge is -2.22. The fourth-order valence-electron chi connectivity index (χ4n) is 4.50. The summed E-state index contributed by atoms with van der Waals surface area (Å²) in [6.45, 7) is 7.49.